The fourth-order valence-electron chi connectivity index (χ4n) is 11.7. The van der Waals surface area contributed by atoms with E-state index in [-0.39, 0.29) is 25.7 Å². The number of aliphatic hydroxyl groups is 1. The minimum absolute atomic E-state index is 0.0852. The van der Waals surface area contributed by atoms with E-state index < -0.39 is 97.5 Å². The Kier molecular flexibility index (Phi) is 73.6. The summed E-state index contributed by atoms with van der Waals surface area (Å²) in [6, 6.07) is 0. The van der Waals surface area contributed by atoms with Gasteiger partial charge in [0.25, 0.3) is 0 Å². The molecule has 0 saturated carbocycles. The van der Waals surface area contributed by atoms with E-state index in [0.29, 0.717) is 25.7 Å². The summed E-state index contributed by atoms with van der Waals surface area (Å²) < 4.78 is 68.7. The number of carbonyl (C=O) groups excluding carboxylic acids is 4. The monoisotopic (exact) mass is 1480 g/mol. The third kappa shape index (κ3) is 75.0. The third-order valence-electron chi connectivity index (χ3n) is 18.0. The Labute approximate surface area is 622 Å². The first-order valence-electron chi connectivity index (χ1n) is 41.5. The van der Waals surface area contributed by atoms with Crippen molar-refractivity contribution in [3.8, 4) is 0 Å². The number of hydrogen-bond donors (Lipinski definition) is 3. The van der Waals surface area contributed by atoms with E-state index >= 15 is 0 Å². The SMILES string of the molecule is CC/C=C\C/C=C\C/C=C\C/C=C\CCCCCCCCC(=O)OCC(COP(=O)(O)OCC(O)COP(=O)(O)OCC(COC(=O)CCCCCCCCCCCCCCCCC)OC(=O)CCCCCCCCCCCCCCCCC)OC(=O)CCCCCCC/C=C\CCCCCC. The molecule has 0 bridgehead atoms. The van der Waals surface area contributed by atoms with Crippen LogP contribution in [0.3, 0.4) is 0 Å². The van der Waals surface area contributed by atoms with Crippen LogP contribution in [0.4, 0.5) is 0 Å². The van der Waals surface area contributed by atoms with Gasteiger partial charge in [-0.3, -0.25) is 37.3 Å². The number of unbranched alkanes of at least 4 members (excludes halogenated alkanes) is 43. The number of aliphatic hydroxyl groups excluding tert-OH is 1. The summed E-state index contributed by atoms with van der Waals surface area (Å²) in [5.74, 6) is -2.16. The van der Waals surface area contributed by atoms with Crippen LogP contribution in [0.1, 0.15) is 387 Å². The summed E-state index contributed by atoms with van der Waals surface area (Å²) in [5.41, 5.74) is 0. The predicted octanol–water partition coefficient (Wildman–Crippen LogP) is 24.2. The zero-order chi connectivity index (χ0) is 74.6. The van der Waals surface area contributed by atoms with Crippen molar-refractivity contribution in [1.29, 1.82) is 0 Å². The predicted molar refractivity (Wildman–Crippen MR) is 418 cm³/mol. The minimum atomic E-state index is -4.98. The first-order valence-corrected chi connectivity index (χ1v) is 44.5. The van der Waals surface area contributed by atoms with Crippen LogP contribution < -0.4 is 0 Å². The molecule has 0 radical (unpaired) electrons. The van der Waals surface area contributed by atoms with Gasteiger partial charge in [-0.15, -0.1) is 0 Å². The Morgan fingerprint density at radius 1 is 0.284 bits per heavy atom. The van der Waals surface area contributed by atoms with E-state index in [2.05, 4.69) is 88.5 Å². The normalized spacial score (nSPS) is 14.1. The lowest BCUT2D eigenvalue weighted by Gasteiger charge is -2.21. The van der Waals surface area contributed by atoms with Crippen LogP contribution in [-0.2, 0) is 65.4 Å². The molecule has 0 aromatic rings. The molecule has 0 aromatic carbocycles. The maximum absolute atomic E-state index is 13.1. The molecule has 0 aliphatic rings. The molecule has 0 rings (SSSR count). The minimum Gasteiger partial charge on any atom is -0.462 e. The van der Waals surface area contributed by atoms with Gasteiger partial charge in [0.2, 0.25) is 0 Å². The summed E-state index contributed by atoms with van der Waals surface area (Å²) in [6.45, 7) is 4.82. The van der Waals surface area contributed by atoms with Gasteiger partial charge in [-0.05, 0) is 89.9 Å². The number of phosphoric ester groups is 2. The number of rotatable bonds is 79. The zero-order valence-electron chi connectivity index (χ0n) is 65.3. The molecule has 0 fully saturated rings. The van der Waals surface area contributed by atoms with Crippen molar-refractivity contribution in [1.82, 2.24) is 0 Å². The molecule has 596 valence electrons. The van der Waals surface area contributed by atoms with E-state index in [1.165, 1.54) is 161 Å². The number of esters is 4. The van der Waals surface area contributed by atoms with Gasteiger partial charge in [-0.1, -0.05) is 332 Å². The van der Waals surface area contributed by atoms with Crippen molar-refractivity contribution in [3.63, 3.8) is 0 Å². The first kappa shape index (κ1) is 98.8. The average molecular weight is 1480 g/mol. The molecule has 0 spiro atoms. The quantitative estimate of drug-likeness (QED) is 0.0169. The van der Waals surface area contributed by atoms with Crippen molar-refractivity contribution in [2.45, 2.75) is 406 Å². The lowest BCUT2D eigenvalue weighted by molar-refractivity contribution is -0.161. The average Bonchev–Trinajstić information content (AvgIpc) is 0.908. The first-order chi connectivity index (χ1) is 49.7. The molecule has 102 heavy (non-hydrogen) atoms. The van der Waals surface area contributed by atoms with Gasteiger partial charge in [0.15, 0.2) is 12.2 Å². The van der Waals surface area contributed by atoms with Gasteiger partial charge >= 0.3 is 39.5 Å². The molecule has 0 aliphatic heterocycles. The van der Waals surface area contributed by atoms with Gasteiger partial charge in [-0.25, -0.2) is 9.13 Å². The van der Waals surface area contributed by atoms with Gasteiger partial charge in [0.1, 0.15) is 19.3 Å². The standard InChI is InChI=1S/C83H152O17P2/c1-5-9-13-17-21-25-29-33-36-37-38-39-42-45-48-52-56-60-64-68-81(86)94-73-78(99-82(87)69-65-61-57-53-49-43-32-28-24-20-16-12-8-4)75-97-101(89,90)95-71-77(84)72-96-102(91,92)98-76-79(100-83(88)70-66-62-58-54-50-46-41-35-31-27-23-19-15-11-7-3)74-93-80(85)67-63-59-55-51-47-44-40-34-30-26-22-18-14-10-6-2/h9,13,21,25,28,32-33,36,38-39,77-79,84H,5-8,10-12,14-20,22-24,26-27,29-31,34-35,37,40-76H2,1-4H3,(H,89,90)(H,91,92)/b13-9-,25-21-,32-28-,36-33-,39-38-. The van der Waals surface area contributed by atoms with Gasteiger partial charge < -0.3 is 33.8 Å². The highest BCUT2D eigenvalue weighted by molar-refractivity contribution is 7.47. The molecule has 0 aromatic heterocycles. The third-order valence-corrected chi connectivity index (χ3v) is 19.9. The Balaban J connectivity index is 5.31. The molecule has 0 heterocycles. The second kappa shape index (κ2) is 76.0. The van der Waals surface area contributed by atoms with Gasteiger partial charge in [-0.2, -0.15) is 0 Å². The summed E-state index contributed by atoms with van der Waals surface area (Å²) >= 11 is 0. The molecule has 0 saturated heterocycles. The van der Waals surface area contributed by atoms with Crippen LogP contribution in [0, 0.1) is 0 Å². The van der Waals surface area contributed by atoms with Crippen molar-refractivity contribution in [2.75, 3.05) is 39.6 Å². The lowest BCUT2D eigenvalue weighted by Crippen LogP contribution is -2.30. The number of allylic oxidation sites excluding steroid dienone is 10. The van der Waals surface area contributed by atoms with Crippen molar-refractivity contribution in [3.05, 3.63) is 60.8 Å². The Morgan fingerprint density at radius 3 is 0.804 bits per heavy atom. The Hall–Kier alpha value is -3.24. The number of ether oxygens (including phenoxy) is 4. The topological polar surface area (TPSA) is 237 Å². The van der Waals surface area contributed by atoms with Crippen LogP contribution in [-0.4, -0.2) is 96.7 Å². The maximum atomic E-state index is 13.1. The van der Waals surface area contributed by atoms with Crippen molar-refractivity contribution >= 4 is 39.5 Å². The number of hydrogen-bond acceptors (Lipinski definition) is 15. The van der Waals surface area contributed by atoms with E-state index in [1.807, 2.05) is 0 Å². The highest BCUT2D eigenvalue weighted by Gasteiger charge is 2.30. The van der Waals surface area contributed by atoms with Gasteiger partial charge in [0, 0.05) is 25.7 Å². The molecule has 5 atom stereocenters. The second-order valence-electron chi connectivity index (χ2n) is 28.1. The van der Waals surface area contributed by atoms with Crippen LogP contribution in [0.5, 0.6) is 0 Å². The fourth-order valence-corrected chi connectivity index (χ4v) is 13.3. The van der Waals surface area contributed by atoms with E-state index in [0.717, 1.165) is 148 Å². The summed E-state index contributed by atoms with van der Waals surface area (Å²) in [7, 11) is -9.94. The molecule has 0 amide bonds. The fraction of sp³-hybridized carbons (Fsp3) is 0.831. The number of carbonyl (C=O) groups is 4. The molecule has 19 heteroatoms. The largest absolute Gasteiger partial charge is 0.472 e. The lowest BCUT2D eigenvalue weighted by atomic mass is 10.0. The van der Waals surface area contributed by atoms with Crippen LogP contribution in [0.25, 0.3) is 0 Å². The Morgan fingerprint density at radius 2 is 0.510 bits per heavy atom. The molecular formula is C83H152O17P2. The molecule has 17 nitrogen and oxygen atoms in total. The molecule has 5 unspecified atom stereocenters. The summed E-state index contributed by atoms with van der Waals surface area (Å²) in [5, 5.41) is 10.6. The van der Waals surface area contributed by atoms with Crippen LogP contribution >= 0.6 is 15.6 Å². The highest BCUT2D eigenvalue weighted by Crippen LogP contribution is 2.45. The molecule has 3 N–H and O–H groups in total. The Bertz CT molecular complexity index is 2170. The van der Waals surface area contributed by atoms with Crippen molar-refractivity contribution < 1.29 is 80.2 Å². The smallest absolute Gasteiger partial charge is 0.462 e. The number of phosphoric acid groups is 2. The summed E-state index contributed by atoms with van der Waals surface area (Å²) in [4.78, 5) is 73.1. The van der Waals surface area contributed by atoms with Gasteiger partial charge in [0.05, 0.1) is 26.4 Å². The summed E-state index contributed by atoms with van der Waals surface area (Å²) in [6.07, 6.45) is 76.1. The van der Waals surface area contributed by atoms with Crippen LogP contribution in [0.15, 0.2) is 60.8 Å². The van der Waals surface area contributed by atoms with Crippen molar-refractivity contribution in [2.24, 2.45) is 0 Å². The van der Waals surface area contributed by atoms with E-state index in [9.17, 15) is 43.2 Å². The second-order valence-corrected chi connectivity index (χ2v) is 31.0. The van der Waals surface area contributed by atoms with Crippen LogP contribution in [0.2, 0.25) is 0 Å². The molecular weight excluding hydrogens is 1330 g/mol. The zero-order valence-corrected chi connectivity index (χ0v) is 67.1. The highest BCUT2D eigenvalue weighted by atomic mass is 31.2. The van der Waals surface area contributed by atoms with E-state index in [4.69, 9.17) is 37.0 Å². The molecule has 0 aliphatic carbocycles. The van der Waals surface area contributed by atoms with E-state index in [1.54, 1.807) is 0 Å². The maximum Gasteiger partial charge on any atom is 0.472 e.